The van der Waals surface area contributed by atoms with Gasteiger partial charge in [0.15, 0.2) is 5.16 Å². The normalized spacial score (nSPS) is 14.1. The fraction of sp³-hybridized carbons (Fsp3) is 0.450. The van der Waals surface area contributed by atoms with Gasteiger partial charge >= 0.3 is 0 Å². The number of halogens is 1. The lowest BCUT2D eigenvalue weighted by molar-refractivity contribution is -0.384. The van der Waals surface area contributed by atoms with Crippen LogP contribution in [0.1, 0.15) is 23.4 Å². The number of aryl methyl sites for hydroxylation is 2. The highest BCUT2D eigenvalue weighted by Crippen LogP contribution is 2.31. The lowest BCUT2D eigenvalue weighted by Crippen LogP contribution is -2.49. The lowest BCUT2D eigenvalue weighted by Gasteiger charge is -2.36. The van der Waals surface area contributed by atoms with Crippen molar-refractivity contribution in [3.63, 3.8) is 0 Å². The topological polar surface area (TPSA) is 92.5 Å². The number of rotatable bonds is 6. The van der Waals surface area contributed by atoms with E-state index >= 15 is 0 Å². The van der Waals surface area contributed by atoms with Crippen molar-refractivity contribution in [2.75, 3.05) is 37.3 Å². The van der Waals surface area contributed by atoms with Crippen molar-refractivity contribution in [1.29, 1.82) is 0 Å². The van der Waals surface area contributed by atoms with Crippen molar-refractivity contribution in [2.24, 2.45) is 0 Å². The third-order valence-corrected chi connectivity index (χ3v) is 6.06. The Kier molecular flexibility index (Phi) is 7.14. The molecule has 2 aromatic rings. The summed E-state index contributed by atoms with van der Waals surface area (Å²) >= 11 is 7.41. The van der Waals surface area contributed by atoms with Crippen molar-refractivity contribution in [2.45, 2.75) is 31.8 Å². The lowest BCUT2D eigenvalue weighted by atomic mass is 10.1. The van der Waals surface area contributed by atoms with Gasteiger partial charge in [-0.25, -0.2) is 9.97 Å². The number of hydrogen-bond acceptors (Lipinski definition) is 7. The van der Waals surface area contributed by atoms with E-state index < -0.39 is 4.92 Å². The second-order valence-electron chi connectivity index (χ2n) is 7.12. The molecule has 1 aliphatic rings. The molecule has 0 bridgehead atoms. The zero-order valence-corrected chi connectivity index (χ0v) is 18.8. The predicted molar refractivity (Wildman–Crippen MR) is 119 cm³/mol. The fourth-order valence-corrected chi connectivity index (χ4v) is 4.28. The third kappa shape index (κ3) is 5.02. The molecular weight excluding hydrogens is 426 g/mol. The van der Waals surface area contributed by atoms with Crippen LogP contribution >= 0.6 is 23.4 Å². The van der Waals surface area contributed by atoms with Crippen LogP contribution in [0.15, 0.2) is 23.4 Å². The highest BCUT2D eigenvalue weighted by atomic mass is 35.5. The molecule has 2 heterocycles. The van der Waals surface area contributed by atoms with E-state index in [0.29, 0.717) is 49.7 Å². The maximum atomic E-state index is 12.7. The minimum atomic E-state index is -0.423. The summed E-state index contributed by atoms with van der Waals surface area (Å²) in [6, 6.07) is 4.68. The first-order chi connectivity index (χ1) is 14.3. The Morgan fingerprint density at radius 3 is 2.40 bits per heavy atom. The molecule has 1 aromatic carbocycles. The van der Waals surface area contributed by atoms with Gasteiger partial charge in [-0.1, -0.05) is 23.4 Å². The molecule has 3 rings (SSSR count). The molecule has 0 N–H and O–H groups in total. The van der Waals surface area contributed by atoms with Gasteiger partial charge in [0.05, 0.1) is 4.92 Å². The minimum Gasteiger partial charge on any atom is -0.362 e. The van der Waals surface area contributed by atoms with Crippen molar-refractivity contribution < 1.29 is 9.72 Å². The number of aromatic nitrogens is 2. The van der Waals surface area contributed by atoms with Crippen molar-refractivity contribution in [1.82, 2.24) is 14.9 Å². The van der Waals surface area contributed by atoms with E-state index in [-0.39, 0.29) is 11.6 Å². The molecule has 0 atom stereocenters. The van der Waals surface area contributed by atoms with Crippen LogP contribution in [0.25, 0.3) is 0 Å². The summed E-state index contributed by atoms with van der Waals surface area (Å²) in [5, 5.41) is 12.4. The number of nitro benzene ring substituents is 1. The summed E-state index contributed by atoms with van der Waals surface area (Å²) in [6.45, 7) is 6.03. The van der Waals surface area contributed by atoms with Gasteiger partial charge in [-0.05, 0) is 44.2 Å². The molecule has 0 saturated carbocycles. The molecule has 1 aliphatic heterocycles. The molecule has 8 nitrogen and oxygen atoms in total. The van der Waals surface area contributed by atoms with Crippen LogP contribution in [0.4, 0.5) is 11.4 Å². The number of amides is 1. The molecule has 0 aliphatic carbocycles. The summed E-state index contributed by atoms with van der Waals surface area (Å²) in [4.78, 5) is 36.3. The van der Waals surface area contributed by atoms with Gasteiger partial charge in [0.2, 0.25) is 5.91 Å². The maximum absolute atomic E-state index is 12.7. The number of anilines is 1. The van der Waals surface area contributed by atoms with Gasteiger partial charge < -0.3 is 9.80 Å². The van der Waals surface area contributed by atoms with E-state index in [0.717, 1.165) is 22.1 Å². The molecule has 10 heteroatoms. The fourth-order valence-electron chi connectivity index (χ4n) is 3.66. The Balaban J connectivity index is 1.60. The van der Waals surface area contributed by atoms with Gasteiger partial charge in [-0.15, -0.1) is 0 Å². The molecule has 160 valence electrons. The average molecular weight is 450 g/mol. The predicted octanol–water partition coefficient (Wildman–Crippen LogP) is 3.66. The van der Waals surface area contributed by atoms with Crippen LogP contribution in [-0.2, 0) is 11.2 Å². The van der Waals surface area contributed by atoms with E-state index in [2.05, 4.69) is 9.97 Å². The number of thioether (sulfide) groups is 1. The molecule has 0 radical (unpaired) electrons. The van der Waals surface area contributed by atoms with Crippen LogP contribution < -0.4 is 4.90 Å². The third-order valence-electron chi connectivity index (χ3n) is 5.28. The Hall–Kier alpha value is -2.39. The Labute approximate surface area is 184 Å². The molecule has 0 unspecified atom stereocenters. The van der Waals surface area contributed by atoms with Crippen molar-refractivity contribution in [3.8, 4) is 0 Å². The maximum Gasteiger partial charge on any atom is 0.294 e. The van der Waals surface area contributed by atoms with Gasteiger partial charge in [-0.3, -0.25) is 14.9 Å². The van der Waals surface area contributed by atoms with Crippen molar-refractivity contribution >= 4 is 40.6 Å². The number of carbonyl (C=O) groups excluding carboxylic acids is 1. The average Bonchev–Trinajstić information content (AvgIpc) is 2.72. The minimum absolute atomic E-state index is 0.0121. The molecule has 0 spiro atoms. The number of nitrogens with zero attached hydrogens (tertiary/aromatic N) is 5. The summed E-state index contributed by atoms with van der Waals surface area (Å²) < 4.78 is 0. The Bertz CT molecular complexity index is 940. The second kappa shape index (κ2) is 9.61. The Morgan fingerprint density at radius 1 is 1.20 bits per heavy atom. The van der Waals surface area contributed by atoms with E-state index in [9.17, 15) is 14.9 Å². The highest BCUT2D eigenvalue weighted by Gasteiger charge is 2.26. The number of piperazine rings is 1. The monoisotopic (exact) mass is 449 g/mol. The molecule has 30 heavy (non-hydrogen) atoms. The summed E-state index contributed by atoms with van der Waals surface area (Å²) in [5.41, 5.74) is 3.38. The summed E-state index contributed by atoms with van der Waals surface area (Å²) in [6.07, 6.45) is 2.94. The van der Waals surface area contributed by atoms with Crippen LogP contribution in [0.5, 0.6) is 0 Å². The molecule has 1 saturated heterocycles. The number of nitro groups is 1. The first-order valence-electron chi connectivity index (χ1n) is 9.65. The molecule has 1 fully saturated rings. The smallest absolute Gasteiger partial charge is 0.294 e. The second-order valence-corrected chi connectivity index (χ2v) is 8.33. The van der Waals surface area contributed by atoms with Crippen LogP contribution in [0, 0.1) is 24.0 Å². The van der Waals surface area contributed by atoms with E-state index in [1.54, 1.807) is 12.1 Å². The van der Waals surface area contributed by atoms with Crippen LogP contribution in [0.3, 0.4) is 0 Å². The largest absolute Gasteiger partial charge is 0.362 e. The molecular formula is C20H24ClN5O3S. The SMILES string of the molecule is CSc1nc(C)c(CCC(=O)N2CCN(c3ccc(Cl)cc3[N+](=O)[O-])CC2)c(C)n1. The zero-order valence-electron chi connectivity index (χ0n) is 17.2. The highest BCUT2D eigenvalue weighted by molar-refractivity contribution is 7.98. The van der Waals surface area contributed by atoms with Gasteiger partial charge in [0.1, 0.15) is 5.69 Å². The van der Waals surface area contributed by atoms with Gasteiger partial charge in [-0.2, -0.15) is 0 Å². The first kappa shape index (κ1) is 22.3. The zero-order chi connectivity index (χ0) is 21.8. The van der Waals surface area contributed by atoms with E-state index in [4.69, 9.17) is 11.6 Å². The van der Waals surface area contributed by atoms with Crippen LogP contribution in [-0.4, -0.2) is 58.1 Å². The number of hydrogen-bond donors (Lipinski definition) is 0. The molecule has 1 amide bonds. The molecule has 1 aromatic heterocycles. The van der Waals surface area contributed by atoms with Crippen molar-refractivity contribution in [3.05, 3.63) is 50.3 Å². The standard InChI is InChI=1S/C20H24ClN5O3S/c1-13-16(14(2)23-20(22-13)30-3)5-7-19(27)25-10-8-24(9-11-25)17-6-4-15(21)12-18(17)26(28)29/h4,6,12H,5,7-11H2,1-3H3. The Morgan fingerprint density at radius 2 is 1.83 bits per heavy atom. The first-order valence-corrected chi connectivity index (χ1v) is 11.2. The quantitative estimate of drug-likeness (QED) is 0.287. The van der Waals surface area contributed by atoms with Gasteiger partial charge in [0.25, 0.3) is 5.69 Å². The number of carbonyl (C=O) groups is 1. The summed E-state index contributed by atoms with van der Waals surface area (Å²) in [5.74, 6) is 0.0769. The summed E-state index contributed by atoms with van der Waals surface area (Å²) in [7, 11) is 0. The van der Waals surface area contributed by atoms with E-state index in [1.165, 1.54) is 17.8 Å². The van der Waals surface area contributed by atoms with Gasteiger partial charge in [0, 0.05) is 55.1 Å². The van der Waals surface area contributed by atoms with E-state index in [1.807, 2.05) is 29.9 Å². The van der Waals surface area contributed by atoms with Crippen LogP contribution in [0.2, 0.25) is 5.02 Å². The number of benzene rings is 1.